The zero-order valence-corrected chi connectivity index (χ0v) is 30.5. The highest BCUT2D eigenvalue weighted by Crippen LogP contribution is 2.46. The number of hydrogen-bond acceptors (Lipinski definition) is 10. The number of aryl methyl sites for hydroxylation is 2. The van der Waals surface area contributed by atoms with Crippen molar-refractivity contribution < 1.29 is 36.7 Å². The van der Waals surface area contributed by atoms with E-state index in [9.17, 15) is 32.0 Å². The minimum atomic E-state index is -3.90. The van der Waals surface area contributed by atoms with E-state index < -0.39 is 74.4 Å². The van der Waals surface area contributed by atoms with Crippen LogP contribution in [0.3, 0.4) is 0 Å². The van der Waals surface area contributed by atoms with E-state index in [1.807, 2.05) is 25.1 Å². The van der Waals surface area contributed by atoms with Crippen LogP contribution in [0.2, 0.25) is 0 Å². The summed E-state index contributed by atoms with van der Waals surface area (Å²) in [5, 5.41) is 5.11. The maximum absolute atomic E-state index is 14.7. The third kappa shape index (κ3) is 7.40. The zero-order valence-electron chi connectivity index (χ0n) is 28.9. The van der Waals surface area contributed by atoms with E-state index in [0.29, 0.717) is 48.2 Å². The number of benzene rings is 1. The van der Waals surface area contributed by atoms with Crippen molar-refractivity contribution >= 4 is 56.0 Å². The summed E-state index contributed by atoms with van der Waals surface area (Å²) in [6.45, 7) is 3.47. The van der Waals surface area contributed by atoms with Gasteiger partial charge < -0.3 is 20.3 Å². The molecule has 3 fully saturated rings. The number of ether oxygens (including phenoxy) is 1. The summed E-state index contributed by atoms with van der Waals surface area (Å²) in [6, 6.07) is 5.84. The van der Waals surface area contributed by atoms with Gasteiger partial charge in [0.15, 0.2) is 5.82 Å². The Morgan fingerprint density at radius 3 is 2.63 bits per heavy atom. The Hall–Kier alpha value is -4.44. The number of amides is 4. The first-order valence-electron chi connectivity index (χ1n) is 17.7. The Labute approximate surface area is 304 Å². The fraction of sp³-hybridized carbons (Fsp3) is 0.500. The normalized spacial score (nSPS) is 26.8. The number of thiophene rings is 1. The number of carbonyl (C=O) groups excluding carboxylic acids is 4. The Bertz CT molecular complexity index is 2070. The van der Waals surface area contributed by atoms with Gasteiger partial charge in [-0.1, -0.05) is 31.1 Å². The van der Waals surface area contributed by atoms with Crippen LogP contribution < -0.4 is 20.1 Å². The molecule has 3 aromatic rings. The SMILES string of the molecule is Cc1ccc(C(=O)N[C@H]2CCCCCC=C[C@@H]3C[C@@]3(C(=O)NS(=O)(=O)C3CC3)NC(=O)[C@@H]3C[C@@H](Oc4nc5c(F)cccc5nc4C)CN3C2=O)s1. The molecule has 0 spiro atoms. The van der Waals surface area contributed by atoms with Crippen molar-refractivity contribution in [1.29, 1.82) is 0 Å². The molecule has 3 N–H and O–H groups in total. The topological polar surface area (TPSA) is 177 Å². The maximum Gasteiger partial charge on any atom is 0.262 e. The quantitative estimate of drug-likeness (QED) is 0.305. The Kier molecular flexibility index (Phi) is 9.80. The minimum Gasteiger partial charge on any atom is -0.471 e. The van der Waals surface area contributed by atoms with Gasteiger partial charge in [0.05, 0.1) is 22.2 Å². The van der Waals surface area contributed by atoms with E-state index in [4.69, 9.17) is 4.74 Å². The Balaban J connectivity index is 1.20. The van der Waals surface area contributed by atoms with Crippen molar-refractivity contribution in [2.24, 2.45) is 5.92 Å². The van der Waals surface area contributed by atoms with E-state index >= 15 is 0 Å². The van der Waals surface area contributed by atoms with Crippen LogP contribution in [-0.4, -0.2) is 82.4 Å². The number of hydrogen-bond donors (Lipinski definition) is 3. The number of sulfonamides is 1. The van der Waals surface area contributed by atoms with E-state index in [1.54, 1.807) is 19.1 Å². The summed E-state index contributed by atoms with van der Waals surface area (Å²) < 4.78 is 48.7. The molecule has 276 valence electrons. The largest absolute Gasteiger partial charge is 0.471 e. The minimum absolute atomic E-state index is 0.0123. The van der Waals surface area contributed by atoms with Crippen LogP contribution in [-0.2, 0) is 24.4 Å². The van der Waals surface area contributed by atoms with Crippen LogP contribution in [0.5, 0.6) is 5.88 Å². The number of aromatic nitrogens is 2. The summed E-state index contributed by atoms with van der Waals surface area (Å²) in [6.07, 6.45) is 7.30. The highest BCUT2D eigenvalue weighted by atomic mass is 32.2. The van der Waals surface area contributed by atoms with E-state index in [1.165, 1.54) is 28.4 Å². The number of fused-ring (bicyclic) bond motifs is 3. The van der Waals surface area contributed by atoms with Crippen molar-refractivity contribution in [2.45, 2.75) is 101 Å². The molecule has 2 aromatic heterocycles. The van der Waals surface area contributed by atoms with Crippen LogP contribution >= 0.6 is 11.3 Å². The fourth-order valence-electron chi connectivity index (χ4n) is 7.02. The number of nitrogens with zero attached hydrogens (tertiary/aromatic N) is 3. The van der Waals surface area contributed by atoms with Gasteiger partial charge in [-0.25, -0.2) is 22.8 Å². The van der Waals surface area contributed by atoms with E-state index in [2.05, 4.69) is 25.3 Å². The zero-order chi connectivity index (χ0) is 36.8. The van der Waals surface area contributed by atoms with Gasteiger partial charge in [0.1, 0.15) is 34.9 Å². The van der Waals surface area contributed by atoms with Crippen molar-refractivity contribution in [3.63, 3.8) is 0 Å². The van der Waals surface area contributed by atoms with Crippen molar-refractivity contribution in [3.8, 4) is 5.88 Å². The molecule has 5 atom stereocenters. The smallest absolute Gasteiger partial charge is 0.262 e. The van der Waals surface area contributed by atoms with Crippen molar-refractivity contribution in [3.05, 3.63) is 63.7 Å². The van der Waals surface area contributed by atoms with Gasteiger partial charge in [-0.05, 0) is 76.6 Å². The molecule has 2 aliphatic carbocycles. The second-order valence-corrected chi connectivity index (χ2v) is 17.4. The number of rotatable bonds is 7. The molecule has 1 aromatic carbocycles. The van der Waals surface area contributed by atoms with Gasteiger partial charge in [0.25, 0.3) is 11.8 Å². The monoisotopic (exact) mass is 752 g/mol. The lowest BCUT2D eigenvalue weighted by atomic mass is 10.0. The Morgan fingerprint density at radius 1 is 1.08 bits per heavy atom. The molecule has 0 radical (unpaired) electrons. The number of nitrogens with one attached hydrogen (secondary N) is 3. The summed E-state index contributed by atoms with van der Waals surface area (Å²) in [4.78, 5) is 67.3. The predicted octanol–water partition coefficient (Wildman–Crippen LogP) is 3.60. The van der Waals surface area contributed by atoms with E-state index in [0.717, 1.165) is 17.7 Å². The van der Waals surface area contributed by atoms with Gasteiger partial charge in [-0.3, -0.25) is 23.9 Å². The summed E-state index contributed by atoms with van der Waals surface area (Å²) in [5.41, 5.74) is -0.780. The summed E-state index contributed by atoms with van der Waals surface area (Å²) in [5.74, 6) is -3.34. The first kappa shape index (κ1) is 35.9. The molecule has 0 unspecified atom stereocenters. The van der Waals surface area contributed by atoms with Crippen LogP contribution in [0.4, 0.5) is 4.39 Å². The number of carbonyl (C=O) groups is 4. The number of allylic oxidation sites excluding steroid dienone is 1. The molecule has 2 aliphatic heterocycles. The average Bonchev–Trinajstić information content (AvgIpc) is 3.99. The fourth-order valence-corrected chi connectivity index (χ4v) is 9.15. The highest BCUT2D eigenvalue weighted by Gasteiger charge is 2.62. The van der Waals surface area contributed by atoms with Gasteiger partial charge in [0.2, 0.25) is 27.7 Å². The molecule has 7 rings (SSSR count). The molecular formula is C36H41FN6O7S2. The summed E-state index contributed by atoms with van der Waals surface area (Å²) in [7, 11) is -3.90. The Morgan fingerprint density at radius 2 is 1.88 bits per heavy atom. The standard InChI is InChI=1S/C36H41FN6O7S2/c1-20-13-16-29(51-20)32(45)39-27-11-7-5-3-4-6-9-22-18-36(22,35(47)42-52(48,49)24-14-15-24)41-31(44)28-17-23(19-43(28)34(27)46)50-33-21(2)38-26-12-8-10-25(37)30(26)40-33/h6,8-10,12-13,16,22-24,27-28H,3-5,7,11,14-15,17-19H2,1-2H3,(H,39,45)(H,41,44)(H,42,47)/t22-,23-,27+,28+,36-/m1/s1. The van der Waals surface area contributed by atoms with Gasteiger partial charge in [0, 0.05) is 17.2 Å². The molecular weight excluding hydrogens is 712 g/mol. The van der Waals surface area contributed by atoms with Crippen LogP contribution in [0.25, 0.3) is 11.0 Å². The average molecular weight is 753 g/mol. The number of halogens is 1. The van der Waals surface area contributed by atoms with Crippen LogP contribution in [0, 0.1) is 25.6 Å². The molecule has 52 heavy (non-hydrogen) atoms. The molecule has 4 amide bonds. The number of para-hydroxylation sites is 1. The van der Waals surface area contributed by atoms with Gasteiger partial charge >= 0.3 is 0 Å². The predicted molar refractivity (Wildman–Crippen MR) is 190 cm³/mol. The van der Waals surface area contributed by atoms with Crippen molar-refractivity contribution in [2.75, 3.05) is 6.54 Å². The molecule has 4 heterocycles. The lowest BCUT2D eigenvalue weighted by Crippen LogP contribution is -2.58. The van der Waals surface area contributed by atoms with Crippen molar-refractivity contribution in [1.82, 2.24) is 30.2 Å². The lowest BCUT2D eigenvalue weighted by molar-refractivity contribution is -0.141. The third-order valence-electron chi connectivity index (χ3n) is 10.2. The lowest BCUT2D eigenvalue weighted by Gasteiger charge is -2.29. The molecule has 4 aliphatic rings. The second-order valence-electron chi connectivity index (χ2n) is 14.2. The molecule has 13 nitrogen and oxygen atoms in total. The van der Waals surface area contributed by atoms with Crippen LogP contribution in [0.15, 0.2) is 42.5 Å². The highest BCUT2D eigenvalue weighted by molar-refractivity contribution is 7.91. The first-order chi connectivity index (χ1) is 24.8. The van der Waals surface area contributed by atoms with Gasteiger partial charge in [-0.2, -0.15) is 0 Å². The second kappa shape index (κ2) is 14.2. The molecule has 16 heteroatoms. The molecule has 1 saturated heterocycles. The first-order valence-corrected chi connectivity index (χ1v) is 20.0. The molecule has 0 bridgehead atoms. The maximum atomic E-state index is 14.7. The third-order valence-corrected chi connectivity index (χ3v) is 13.0. The van der Waals surface area contributed by atoms with Gasteiger partial charge in [-0.15, -0.1) is 11.3 Å². The summed E-state index contributed by atoms with van der Waals surface area (Å²) >= 11 is 1.31. The van der Waals surface area contributed by atoms with E-state index in [-0.39, 0.29) is 30.8 Å². The van der Waals surface area contributed by atoms with Crippen LogP contribution in [0.1, 0.15) is 78.0 Å². The molecule has 2 saturated carbocycles.